The lowest BCUT2D eigenvalue weighted by atomic mass is 9.74. The van der Waals surface area contributed by atoms with Crippen molar-refractivity contribution in [1.29, 1.82) is 0 Å². The lowest BCUT2D eigenvalue weighted by molar-refractivity contribution is 0.253. The van der Waals surface area contributed by atoms with Crippen LogP contribution in [0.4, 0.5) is 0 Å². The highest BCUT2D eigenvalue weighted by Gasteiger charge is 2.35. The first-order valence-corrected chi connectivity index (χ1v) is 9.84. The van der Waals surface area contributed by atoms with Crippen LogP contribution in [0.15, 0.2) is 47.3 Å². The molecule has 1 atom stereocenters. The van der Waals surface area contributed by atoms with E-state index in [1.807, 2.05) is 0 Å². The highest BCUT2D eigenvalue weighted by Crippen LogP contribution is 2.41. The van der Waals surface area contributed by atoms with Crippen LogP contribution >= 0.6 is 11.3 Å². The Morgan fingerprint density at radius 2 is 2.04 bits per heavy atom. The van der Waals surface area contributed by atoms with E-state index in [-0.39, 0.29) is 5.41 Å². The zero-order valence-electron chi connectivity index (χ0n) is 15.1. The second-order valence-corrected chi connectivity index (χ2v) is 8.68. The van der Waals surface area contributed by atoms with Crippen LogP contribution in [0.25, 0.3) is 5.69 Å². The molecule has 3 aromatic rings. The van der Waals surface area contributed by atoms with Crippen molar-refractivity contribution in [3.8, 4) is 5.69 Å². The van der Waals surface area contributed by atoms with E-state index in [2.05, 4.69) is 78.1 Å². The molecule has 0 saturated heterocycles. The number of hydrogen-bond donors (Lipinski definition) is 1. The van der Waals surface area contributed by atoms with Gasteiger partial charge in [0.2, 0.25) is 0 Å². The predicted molar refractivity (Wildman–Crippen MR) is 104 cm³/mol. The number of nitrogens with zero attached hydrogens (tertiary/aromatic N) is 2. The first kappa shape index (κ1) is 16.6. The lowest BCUT2D eigenvalue weighted by Gasteiger charge is -2.36. The molecule has 0 amide bonds. The molecule has 1 aromatic carbocycles. The molecule has 0 bridgehead atoms. The van der Waals surface area contributed by atoms with Gasteiger partial charge in [-0.05, 0) is 59.7 Å². The van der Waals surface area contributed by atoms with Gasteiger partial charge in [-0.25, -0.2) is 4.68 Å². The van der Waals surface area contributed by atoms with Gasteiger partial charge in [0.25, 0.3) is 0 Å². The molecular formula is C21H25N3S. The molecule has 1 aliphatic rings. The predicted octanol–water partition coefficient (Wildman–Crippen LogP) is 5.05. The molecule has 1 N–H and O–H groups in total. The van der Waals surface area contributed by atoms with E-state index < -0.39 is 0 Å². The first-order valence-electron chi connectivity index (χ1n) is 8.90. The Labute approximate surface area is 153 Å². The minimum absolute atomic E-state index is 0.266. The molecule has 1 unspecified atom stereocenters. The summed E-state index contributed by atoms with van der Waals surface area (Å²) in [6, 6.07) is 11.2. The second-order valence-electron chi connectivity index (χ2n) is 7.90. The maximum atomic E-state index is 4.74. The molecule has 0 aliphatic heterocycles. The Kier molecular flexibility index (Phi) is 4.26. The fourth-order valence-corrected chi connectivity index (χ4v) is 4.44. The maximum absolute atomic E-state index is 4.74. The third kappa shape index (κ3) is 3.42. The molecule has 1 aliphatic carbocycles. The van der Waals surface area contributed by atoms with Crippen LogP contribution in [0.1, 0.15) is 48.7 Å². The Balaban J connectivity index is 1.65. The van der Waals surface area contributed by atoms with Gasteiger partial charge in [-0.1, -0.05) is 31.5 Å². The van der Waals surface area contributed by atoms with E-state index in [0.29, 0.717) is 6.04 Å². The zero-order valence-corrected chi connectivity index (χ0v) is 15.9. The van der Waals surface area contributed by atoms with Crippen LogP contribution in [-0.2, 0) is 13.0 Å². The van der Waals surface area contributed by atoms with E-state index in [1.54, 1.807) is 11.3 Å². The van der Waals surface area contributed by atoms with Crippen molar-refractivity contribution in [3.05, 3.63) is 69.7 Å². The summed E-state index contributed by atoms with van der Waals surface area (Å²) < 4.78 is 2.13. The monoisotopic (exact) mass is 351 g/mol. The zero-order chi connectivity index (χ0) is 17.4. The van der Waals surface area contributed by atoms with Crippen molar-refractivity contribution in [3.63, 3.8) is 0 Å². The number of fused-ring (bicyclic) bond motifs is 1. The number of aryl methyl sites for hydroxylation is 1. The molecule has 3 nitrogen and oxygen atoms in total. The third-order valence-corrected chi connectivity index (χ3v) is 5.82. The minimum atomic E-state index is 0.266. The summed E-state index contributed by atoms with van der Waals surface area (Å²) >= 11 is 1.76. The molecule has 2 aromatic heterocycles. The number of aromatic nitrogens is 2. The Morgan fingerprint density at radius 1 is 1.24 bits per heavy atom. The average molecular weight is 352 g/mol. The van der Waals surface area contributed by atoms with Crippen molar-refractivity contribution in [2.45, 2.75) is 46.2 Å². The van der Waals surface area contributed by atoms with E-state index >= 15 is 0 Å². The number of hydrogen-bond acceptors (Lipinski definition) is 3. The van der Waals surface area contributed by atoms with Crippen LogP contribution in [0.5, 0.6) is 0 Å². The summed E-state index contributed by atoms with van der Waals surface area (Å²) in [5.41, 5.74) is 6.77. The van der Waals surface area contributed by atoms with Gasteiger partial charge >= 0.3 is 0 Å². The largest absolute Gasteiger partial charge is 0.306 e. The van der Waals surface area contributed by atoms with Crippen molar-refractivity contribution in [2.75, 3.05) is 0 Å². The standard InChI is InChI=1S/C21H25N3S/c1-15-4-6-17(7-5-15)24-20-11-21(2,3)10-19(18(20)13-23-24)22-12-16-8-9-25-14-16/h4-9,13-14,19,22H,10-12H2,1-3H3. The van der Waals surface area contributed by atoms with Crippen LogP contribution in [0, 0.1) is 12.3 Å². The van der Waals surface area contributed by atoms with Gasteiger partial charge in [0, 0.05) is 23.8 Å². The Bertz CT molecular complexity index is 844. The number of nitrogens with one attached hydrogen (secondary N) is 1. The SMILES string of the molecule is Cc1ccc(-n2ncc3c2CC(C)(C)CC3NCc2ccsc2)cc1. The minimum Gasteiger partial charge on any atom is -0.306 e. The number of rotatable bonds is 4. The molecule has 25 heavy (non-hydrogen) atoms. The van der Waals surface area contributed by atoms with E-state index in [4.69, 9.17) is 5.10 Å². The van der Waals surface area contributed by atoms with Crippen LogP contribution in [0.2, 0.25) is 0 Å². The third-order valence-electron chi connectivity index (χ3n) is 5.09. The van der Waals surface area contributed by atoms with E-state index in [9.17, 15) is 0 Å². The average Bonchev–Trinajstić information content (AvgIpc) is 3.22. The van der Waals surface area contributed by atoms with Gasteiger partial charge in [0.15, 0.2) is 0 Å². The highest BCUT2D eigenvalue weighted by molar-refractivity contribution is 7.07. The Morgan fingerprint density at radius 3 is 2.76 bits per heavy atom. The number of thiophene rings is 1. The molecule has 4 rings (SSSR count). The highest BCUT2D eigenvalue weighted by atomic mass is 32.1. The van der Waals surface area contributed by atoms with Crippen molar-refractivity contribution in [2.24, 2.45) is 5.41 Å². The van der Waals surface area contributed by atoms with Crippen LogP contribution < -0.4 is 5.32 Å². The van der Waals surface area contributed by atoms with Gasteiger partial charge < -0.3 is 5.32 Å². The molecule has 2 heterocycles. The van der Waals surface area contributed by atoms with Crippen molar-refractivity contribution >= 4 is 11.3 Å². The summed E-state index contributed by atoms with van der Waals surface area (Å²) in [7, 11) is 0. The van der Waals surface area contributed by atoms with Gasteiger partial charge in [0.1, 0.15) is 0 Å². The molecule has 0 spiro atoms. The van der Waals surface area contributed by atoms with Crippen molar-refractivity contribution in [1.82, 2.24) is 15.1 Å². The fraction of sp³-hybridized carbons (Fsp3) is 0.381. The summed E-state index contributed by atoms with van der Waals surface area (Å²) in [5, 5.41) is 12.9. The molecular weight excluding hydrogens is 326 g/mol. The smallest absolute Gasteiger partial charge is 0.0649 e. The number of benzene rings is 1. The summed E-state index contributed by atoms with van der Waals surface area (Å²) in [5.74, 6) is 0. The normalized spacial score (nSPS) is 18.9. The molecule has 4 heteroatoms. The summed E-state index contributed by atoms with van der Waals surface area (Å²) in [6.45, 7) is 7.76. The van der Waals surface area contributed by atoms with E-state index in [1.165, 1.54) is 22.4 Å². The summed E-state index contributed by atoms with van der Waals surface area (Å²) in [6.07, 6.45) is 4.27. The van der Waals surface area contributed by atoms with Gasteiger partial charge in [-0.2, -0.15) is 16.4 Å². The molecule has 0 radical (unpaired) electrons. The molecule has 0 fully saturated rings. The summed E-state index contributed by atoms with van der Waals surface area (Å²) in [4.78, 5) is 0. The van der Waals surface area contributed by atoms with Gasteiger partial charge in [-0.3, -0.25) is 0 Å². The molecule has 0 saturated carbocycles. The Hall–Kier alpha value is -1.91. The van der Waals surface area contributed by atoms with Crippen LogP contribution in [-0.4, -0.2) is 9.78 Å². The lowest BCUT2D eigenvalue weighted by Crippen LogP contribution is -2.33. The quantitative estimate of drug-likeness (QED) is 0.713. The second kappa shape index (κ2) is 6.43. The van der Waals surface area contributed by atoms with Gasteiger partial charge in [-0.15, -0.1) is 0 Å². The van der Waals surface area contributed by atoms with Crippen molar-refractivity contribution < 1.29 is 0 Å². The maximum Gasteiger partial charge on any atom is 0.0649 e. The van der Waals surface area contributed by atoms with Gasteiger partial charge in [0.05, 0.1) is 11.9 Å². The van der Waals surface area contributed by atoms with E-state index in [0.717, 1.165) is 25.1 Å². The first-order chi connectivity index (χ1) is 12.0. The topological polar surface area (TPSA) is 29.9 Å². The molecule has 130 valence electrons. The fourth-order valence-electron chi connectivity index (χ4n) is 3.77. The van der Waals surface area contributed by atoms with Crippen LogP contribution in [0.3, 0.4) is 0 Å².